The summed E-state index contributed by atoms with van der Waals surface area (Å²) in [5.41, 5.74) is 4.50. The Hall–Kier alpha value is -1.57. The van der Waals surface area contributed by atoms with Crippen LogP contribution in [-0.4, -0.2) is 13.0 Å². The summed E-state index contributed by atoms with van der Waals surface area (Å²) in [5.74, 6) is 1.59. The molecule has 1 aromatic carbocycles. The maximum atomic E-state index is 12.4. The third-order valence-corrected chi connectivity index (χ3v) is 5.07. The maximum Gasteiger partial charge on any atom is 0.247 e. The number of nitrogens with one attached hydrogen (secondary N) is 1. The standard InChI is InChI=1S/C20H29NO/c1-14-5-9-17(10-6-14)13-19(20(22)21-4)16(3)18-11-7-15(2)8-12-18/h7-8,11-12,14,17H,5-6,9-10,13H2,1-4H3,(H,21,22)/b19-16+. The van der Waals surface area contributed by atoms with Crippen molar-refractivity contribution in [2.24, 2.45) is 11.8 Å². The van der Waals surface area contributed by atoms with Crippen LogP contribution in [0.25, 0.3) is 5.57 Å². The largest absolute Gasteiger partial charge is 0.355 e. The van der Waals surface area contributed by atoms with Crippen LogP contribution < -0.4 is 5.32 Å². The third kappa shape index (κ3) is 4.22. The van der Waals surface area contributed by atoms with Gasteiger partial charge in [-0.25, -0.2) is 0 Å². The minimum Gasteiger partial charge on any atom is -0.355 e. The van der Waals surface area contributed by atoms with E-state index in [9.17, 15) is 4.79 Å². The summed E-state index contributed by atoms with van der Waals surface area (Å²) in [4.78, 5) is 12.4. The molecule has 1 aromatic rings. The minimum absolute atomic E-state index is 0.0803. The van der Waals surface area contributed by atoms with Crippen molar-refractivity contribution < 1.29 is 4.79 Å². The van der Waals surface area contributed by atoms with Crippen molar-refractivity contribution in [1.82, 2.24) is 5.32 Å². The lowest BCUT2D eigenvalue weighted by Gasteiger charge is -2.27. The molecular weight excluding hydrogens is 270 g/mol. The highest BCUT2D eigenvalue weighted by Crippen LogP contribution is 2.34. The third-order valence-electron chi connectivity index (χ3n) is 5.07. The highest BCUT2D eigenvalue weighted by Gasteiger charge is 2.22. The Bertz CT molecular complexity index is 533. The fraction of sp³-hybridized carbons (Fsp3) is 0.550. The molecule has 2 rings (SSSR count). The second-order valence-electron chi connectivity index (χ2n) is 6.88. The molecule has 2 heteroatoms. The smallest absolute Gasteiger partial charge is 0.247 e. The number of allylic oxidation sites excluding steroid dienone is 1. The highest BCUT2D eigenvalue weighted by molar-refractivity contribution is 6.00. The molecule has 0 radical (unpaired) electrons. The van der Waals surface area contributed by atoms with E-state index in [1.54, 1.807) is 7.05 Å². The average molecular weight is 299 g/mol. The summed E-state index contributed by atoms with van der Waals surface area (Å²) < 4.78 is 0. The van der Waals surface area contributed by atoms with E-state index in [0.29, 0.717) is 5.92 Å². The van der Waals surface area contributed by atoms with Crippen LogP contribution in [0.2, 0.25) is 0 Å². The Morgan fingerprint density at radius 1 is 1.14 bits per heavy atom. The summed E-state index contributed by atoms with van der Waals surface area (Å²) >= 11 is 0. The number of carbonyl (C=O) groups excluding carboxylic acids is 1. The molecule has 1 N–H and O–H groups in total. The molecule has 0 saturated heterocycles. The zero-order valence-corrected chi connectivity index (χ0v) is 14.4. The molecular formula is C20H29NO. The first kappa shape index (κ1) is 16.8. The Labute approximate surface area is 135 Å². The van der Waals surface area contributed by atoms with E-state index < -0.39 is 0 Å². The molecule has 0 aromatic heterocycles. The van der Waals surface area contributed by atoms with Gasteiger partial charge in [0.05, 0.1) is 0 Å². The normalized spacial score (nSPS) is 22.9. The van der Waals surface area contributed by atoms with Gasteiger partial charge in [-0.2, -0.15) is 0 Å². The molecule has 120 valence electrons. The monoisotopic (exact) mass is 299 g/mol. The predicted molar refractivity (Wildman–Crippen MR) is 93.6 cm³/mol. The number of likely N-dealkylation sites (N-methyl/N-ethyl adjacent to an activating group) is 1. The van der Waals surface area contributed by atoms with Gasteiger partial charge in [0, 0.05) is 12.6 Å². The average Bonchev–Trinajstić information content (AvgIpc) is 2.53. The molecule has 22 heavy (non-hydrogen) atoms. The summed E-state index contributed by atoms with van der Waals surface area (Å²) in [6.45, 7) is 6.51. The molecule has 0 aliphatic heterocycles. The van der Waals surface area contributed by atoms with Crippen molar-refractivity contribution in [2.45, 2.75) is 52.9 Å². The molecule has 1 fully saturated rings. The number of hydrogen-bond donors (Lipinski definition) is 1. The van der Waals surface area contributed by atoms with E-state index in [-0.39, 0.29) is 5.91 Å². The van der Waals surface area contributed by atoms with Gasteiger partial charge >= 0.3 is 0 Å². The number of benzene rings is 1. The predicted octanol–water partition coefficient (Wildman–Crippen LogP) is 4.73. The van der Waals surface area contributed by atoms with E-state index in [1.807, 2.05) is 0 Å². The van der Waals surface area contributed by atoms with Gasteiger partial charge in [-0.15, -0.1) is 0 Å². The van der Waals surface area contributed by atoms with Crippen LogP contribution in [0, 0.1) is 18.8 Å². The van der Waals surface area contributed by atoms with Gasteiger partial charge in [0.15, 0.2) is 0 Å². The minimum atomic E-state index is 0.0803. The first-order valence-corrected chi connectivity index (χ1v) is 8.50. The maximum absolute atomic E-state index is 12.4. The van der Waals surface area contributed by atoms with Crippen LogP contribution in [-0.2, 0) is 4.79 Å². The number of rotatable bonds is 4. The van der Waals surface area contributed by atoms with Crippen molar-refractivity contribution in [3.63, 3.8) is 0 Å². The first-order chi connectivity index (χ1) is 10.5. The molecule has 0 heterocycles. The molecule has 2 nitrogen and oxygen atoms in total. The number of hydrogen-bond acceptors (Lipinski definition) is 1. The zero-order valence-electron chi connectivity index (χ0n) is 14.4. The second-order valence-corrected chi connectivity index (χ2v) is 6.88. The molecule has 1 amide bonds. The van der Waals surface area contributed by atoms with E-state index in [0.717, 1.165) is 29.0 Å². The van der Waals surface area contributed by atoms with E-state index in [1.165, 1.54) is 31.2 Å². The van der Waals surface area contributed by atoms with Crippen LogP contribution in [0.5, 0.6) is 0 Å². The lowest BCUT2D eigenvalue weighted by molar-refractivity contribution is -0.117. The quantitative estimate of drug-likeness (QED) is 0.800. The second kappa shape index (κ2) is 7.62. The lowest BCUT2D eigenvalue weighted by atomic mass is 9.79. The van der Waals surface area contributed by atoms with Gasteiger partial charge in [0.25, 0.3) is 0 Å². The molecule has 1 aliphatic rings. The number of amides is 1. The topological polar surface area (TPSA) is 29.1 Å². The Balaban J connectivity index is 2.22. The zero-order chi connectivity index (χ0) is 16.1. The van der Waals surface area contributed by atoms with Crippen molar-refractivity contribution >= 4 is 11.5 Å². The van der Waals surface area contributed by atoms with Crippen LogP contribution in [0.15, 0.2) is 29.8 Å². The van der Waals surface area contributed by atoms with Crippen molar-refractivity contribution in [2.75, 3.05) is 7.05 Å². The molecule has 0 spiro atoms. The van der Waals surface area contributed by atoms with Gasteiger partial charge in [-0.3, -0.25) is 4.79 Å². The number of aryl methyl sites for hydroxylation is 1. The van der Waals surface area contributed by atoms with Crippen LogP contribution >= 0.6 is 0 Å². The van der Waals surface area contributed by atoms with Crippen LogP contribution in [0.1, 0.15) is 57.1 Å². The molecule has 1 aliphatic carbocycles. The van der Waals surface area contributed by atoms with E-state index in [4.69, 9.17) is 0 Å². The molecule has 0 unspecified atom stereocenters. The van der Waals surface area contributed by atoms with Gasteiger partial charge in [0.1, 0.15) is 0 Å². The first-order valence-electron chi connectivity index (χ1n) is 8.50. The highest BCUT2D eigenvalue weighted by atomic mass is 16.1. The summed E-state index contributed by atoms with van der Waals surface area (Å²) in [6, 6.07) is 8.47. The van der Waals surface area contributed by atoms with Crippen molar-refractivity contribution in [1.29, 1.82) is 0 Å². The van der Waals surface area contributed by atoms with Gasteiger partial charge < -0.3 is 5.32 Å². The van der Waals surface area contributed by atoms with Crippen molar-refractivity contribution in [3.8, 4) is 0 Å². The Kier molecular flexibility index (Phi) is 5.82. The van der Waals surface area contributed by atoms with Crippen LogP contribution in [0.4, 0.5) is 0 Å². The van der Waals surface area contributed by atoms with Gasteiger partial charge in [0.2, 0.25) is 5.91 Å². The fourth-order valence-corrected chi connectivity index (χ4v) is 3.37. The SMILES string of the molecule is CNC(=O)/C(CC1CCC(C)CC1)=C(\C)c1ccc(C)cc1. The van der Waals surface area contributed by atoms with Crippen LogP contribution in [0.3, 0.4) is 0 Å². The molecule has 1 saturated carbocycles. The van der Waals surface area contributed by atoms with E-state index in [2.05, 4.69) is 50.4 Å². The Morgan fingerprint density at radius 2 is 1.73 bits per heavy atom. The summed E-state index contributed by atoms with van der Waals surface area (Å²) in [5, 5.41) is 2.83. The van der Waals surface area contributed by atoms with Gasteiger partial charge in [-0.05, 0) is 56.1 Å². The van der Waals surface area contributed by atoms with E-state index >= 15 is 0 Å². The molecule has 0 atom stereocenters. The number of carbonyl (C=O) groups is 1. The summed E-state index contributed by atoms with van der Waals surface area (Å²) in [7, 11) is 1.73. The summed E-state index contributed by atoms with van der Waals surface area (Å²) in [6.07, 6.45) is 6.02. The van der Waals surface area contributed by atoms with Gasteiger partial charge in [-0.1, -0.05) is 49.6 Å². The Morgan fingerprint density at radius 3 is 2.27 bits per heavy atom. The fourth-order valence-electron chi connectivity index (χ4n) is 3.37. The van der Waals surface area contributed by atoms with Crippen molar-refractivity contribution in [3.05, 3.63) is 41.0 Å². The molecule has 0 bridgehead atoms. The lowest BCUT2D eigenvalue weighted by Crippen LogP contribution is -2.24.